The van der Waals surface area contributed by atoms with E-state index in [-0.39, 0.29) is 0 Å². The molecule has 8 heteroatoms. The molecule has 0 atom stereocenters. The molecule has 3 aromatic rings. The number of aromatic amines is 1. The molecule has 1 aliphatic rings. The van der Waals surface area contributed by atoms with Crippen molar-refractivity contribution in [3.05, 3.63) is 47.3 Å². The Morgan fingerprint density at radius 2 is 1.89 bits per heavy atom. The summed E-state index contributed by atoms with van der Waals surface area (Å²) >= 11 is 1.34. The molecule has 1 saturated heterocycles. The monoisotopic (exact) mass is 382 g/mol. The number of H-pyrrole nitrogens is 1. The van der Waals surface area contributed by atoms with E-state index in [0.717, 1.165) is 48.3 Å². The molecule has 7 nitrogen and oxygen atoms in total. The molecular formula is C19H22N6OS. The van der Waals surface area contributed by atoms with Crippen LogP contribution in [0, 0.1) is 0 Å². The number of anilines is 3. The summed E-state index contributed by atoms with van der Waals surface area (Å²) in [5, 5.41) is 10.6. The van der Waals surface area contributed by atoms with E-state index < -0.39 is 5.91 Å². The Morgan fingerprint density at radius 1 is 1.15 bits per heavy atom. The Bertz CT molecular complexity index is 924. The Morgan fingerprint density at radius 3 is 2.56 bits per heavy atom. The van der Waals surface area contributed by atoms with Gasteiger partial charge >= 0.3 is 0 Å². The number of rotatable bonds is 5. The van der Waals surface area contributed by atoms with Crippen LogP contribution in [-0.2, 0) is 0 Å². The van der Waals surface area contributed by atoms with Gasteiger partial charge in [0.25, 0.3) is 5.91 Å². The van der Waals surface area contributed by atoms with Gasteiger partial charge < -0.3 is 20.9 Å². The van der Waals surface area contributed by atoms with Gasteiger partial charge in [0.2, 0.25) is 0 Å². The normalized spacial score (nSPS) is 15.1. The summed E-state index contributed by atoms with van der Waals surface area (Å²) in [6.45, 7) is 4.30. The molecule has 140 valence electrons. The summed E-state index contributed by atoms with van der Waals surface area (Å²) in [4.78, 5) is 17.4. The number of amides is 1. The molecule has 3 heterocycles. The molecule has 27 heavy (non-hydrogen) atoms. The number of primary amides is 1. The molecule has 1 fully saturated rings. The van der Waals surface area contributed by atoms with Crippen LogP contribution >= 0.6 is 11.3 Å². The van der Waals surface area contributed by atoms with Crippen LogP contribution in [0.3, 0.4) is 0 Å². The van der Waals surface area contributed by atoms with E-state index in [1.807, 2.05) is 12.1 Å². The Labute approximate surface area is 161 Å². The van der Waals surface area contributed by atoms with E-state index in [1.165, 1.54) is 17.0 Å². The van der Waals surface area contributed by atoms with Crippen molar-refractivity contribution in [2.75, 3.05) is 43.4 Å². The fourth-order valence-corrected chi connectivity index (χ4v) is 3.91. The van der Waals surface area contributed by atoms with E-state index in [1.54, 1.807) is 6.07 Å². The summed E-state index contributed by atoms with van der Waals surface area (Å²) in [7, 11) is 2.16. The number of aromatic nitrogens is 2. The lowest BCUT2D eigenvalue weighted by Crippen LogP contribution is -2.44. The number of piperazine rings is 1. The topological polar surface area (TPSA) is 90.3 Å². The molecular weight excluding hydrogens is 360 g/mol. The second kappa shape index (κ2) is 7.42. The SMILES string of the molecule is CN1CCN(c2ccc(Nc3cc(-c4ccc(C(N)=O)s4)n[nH]3)cc2)CC1. The highest BCUT2D eigenvalue weighted by atomic mass is 32.1. The average molecular weight is 382 g/mol. The van der Waals surface area contributed by atoms with Crippen molar-refractivity contribution >= 4 is 34.4 Å². The van der Waals surface area contributed by atoms with Crippen molar-refractivity contribution in [1.29, 1.82) is 0 Å². The first-order chi connectivity index (χ1) is 13.1. The maximum absolute atomic E-state index is 11.2. The first kappa shape index (κ1) is 17.6. The first-order valence-corrected chi connectivity index (χ1v) is 9.66. The molecule has 1 aliphatic heterocycles. The van der Waals surface area contributed by atoms with Gasteiger partial charge in [0.05, 0.1) is 9.75 Å². The number of thiophene rings is 1. The Hall–Kier alpha value is -2.84. The van der Waals surface area contributed by atoms with Gasteiger partial charge in [-0.05, 0) is 43.4 Å². The van der Waals surface area contributed by atoms with Crippen LogP contribution in [0.1, 0.15) is 9.67 Å². The minimum Gasteiger partial charge on any atom is -0.369 e. The van der Waals surface area contributed by atoms with E-state index in [9.17, 15) is 4.79 Å². The minimum atomic E-state index is -0.416. The third-order valence-electron chi connectivity index (χ3n) is 4.69. The molecule has 1 aromatic carbocycles. The van der Waals surface area contributed by atoms with Crippen LogP contribution in [-0.4, -0.2) is 54.2 Å². The van der Waals surface area contributed by atoms with Crippen molar-refractivity contribution < 1.29 is 4.79 Å². The third-order valence-corrected chi connectivity index (χ3v) is 5.82. The first-order valence-electron chi connectivity index (χ1n) is 8.84. The van der Waals surface area contributed by atoms with Gasteiger partial charge in [0.15, 0.2) is 0 Å². The smallest absolute Gasteiger partial charge is 0.258 e. The van der Waals surface area contributed by atoms with E-state index in [0.29, 0.717) is 4.88 Å². The maximum Gasteiger partial charge on any atom is 0.258 e. The predicted molar refractivity (Wildman–Crippen MR) is 110 cm³/mol. The lowest BCUT2D eigenvalue weighted by Gasteiger charge is -2.34. The highest BCUT2D eigenvalue weighted by Gasteiger charge is 2.14. The van der Waals surface area contributed by atoms with E-state index in [4.69, 9.17) is 5.73 Å². The zero-order chi connectivity index (χ0) is 18.8. The lowest BCUT2D eigenvalue weighted by molar-refractivity contribution is 0.100. The zero-order valence-electron chi connectivity index (χ0n) is 15.1. The van der Waals surface area contributed by atoms with Crippen molar-refractivity contribution in [1.82, 2.24) is 15.1 Å². The molecule has 0 bridgehead atoms. The summed E-state index contributed by atoms with van der Waals surface area (Å²) in [5.74, 6) is 0.381. The molecule has 0 aliphatic carbocycles. The number of nitrogens with two attached hydrogens (primary N) is 1. The van der Waals surface area contributed by atoms with Gasteiger partial charge in [-0.1, -0.05) is 0 Å². The zero-order valence-corrected chi connectivity index (χ0v) is 15.9. The number of nitrogens with zero attached hydrogens (tertiary/aromatic N) is 3. The number of carbonyl (C=O) groups excluding carboxylic acids is 1. The van der Waals surface area contributed by atoms with Crippen molar-refractivity contribution in [3.63, 3.8) is 0 Å². The van der Waals surface area contributed by atoms with E-state index >= 15 is 0 Å². The number of nitrogens with one attached hydrogen (secondary N) is 2. The number of likely N-dealkylation sites (N-methyl/N-ethyl adjacent to an activating group) is 1. The van der Waals surface area contributed by atoms with Gasteiger partial charge in [0, 0.05) is 43.6 Å². The second-order valence-electron chi connectivity index (χ2n) is 6.66. The molecule has 1 amide bonds. The van der Waals surface area contributed by atoms with Crippen LogP contribution in [0.5, 0.6) is 0 Å². The van der Waals surface area contributed by atoms with Gasteiger partial charge in [-0.2, -0.15) is 5.10 Å². The third kappa shape index (κ3) is 3.96. The van der Waals surface area contributed by atoms with Crippen LogP contribution in [0.15, 0.2) is 42.5 Å². The number of benzene rings is 1. The fraction of sp³-hybridized carbons (Fsp3) is 0.263. The van der Waals surface area contributed by atoms with Crippen LogP contribution < -0.4 is 16.0 Å². The number of hydrogen-bond acceptors (Lipinski definition) is 6. The van der Waals surface area contributed by atoms with Gasteiger partial charge in [-0.25, -0.2) is 0 Å². The fourth-order valence-electron chi connectivity index (χ4n) is 3.10. The van der Waals surface area contributed by atoms with Crippen molar-refractivity contribution in [2.24, 2.45) is 5.73 Å². The van der Waals surface area contributed by atoms with Gasteiger partial charge in [-0.3, -0.25) is 9.89 Å². The molecule has 4 N–H and O–H groups in total. The largest absolute Gasteiger partial charge is 0.369 e. The molecule has 0 unspecified atom stereocenters. The summed E-state index contributed by atoms with van der Waals surface area (Å²) in [5.41, 5.74) is 8.33. The van der Waals surface area contributed by atoms with Gasteiger partial charge in [0.1, 0.15) is 11.5 Å². The van der Waals surface area contributed by atoms with Crippen LogP contribution in [0.4, 0.5) is 17.2 Å². The summed E-state index contributed by atoms with van der Waals surface area (Å²) < 4.78 is 0. The second-order valence-corrected chi connectivity index (χ2v) is 7.74. The van der Waals surface area contributed by atoms with Crippen LogP contribution in [0.25, 0.3) is 10.6 Å². The highest BCUT2D eigenvalue weighted by Crippen LogP contribution is 2.29. The average Bonchev–Trinajstić information content (AvgIpc) is 3.32. The minimum absolute atomic E-state index is 0.416. The number of carbonyl (C=O) groups is 1. The molecule has 2 aromatic heterocycles. The Balaban J connectivity index is 1.42. The van der Waals surface area contributed by atoms with Crippen molar-refractivity contribution in [2.45, 2.75) is 0 Å². The summed E-state index contributed by atoms with van der Waals surface area (Å²) in [6, 6.07) is 13.9. The maximum atomic E-state index is 11.2. The molecule has 0 saturated carbocycles. The summed E-state index contributed by atoms with van der Waals surface area (Å²) in [6.07, 6.45) is 0. The van der Waals surface area contributed by atoms with E-state index in [2.05, 4.69) is 56.6 Å². The van der Waals surface area contributed by atoms with Crippen molar-refractivity contribution in [3.8, 4) is 10.6 Å². The lowest BCUT2D eigenvalue weighted by atomic mass is 10.2. The van der Waals surface area contributed by atoms with Crippen LogP contribution in [0.2, 0.25) is 0 Å². The number of hydrogen-bond donors (Lipinski definition) is 3. The quantitative estimate of drug-likeness (QED) is 0.631. The standard InChI is InChI=1S/C19H22N6OS/c1-24-8-10-25(11-9-24)14-4-2-13(3-5-14)21-18-12-15(22-23-18)16-6-7-17(27-16)19(20)26/h2-7,12H,8-11H2,1H3,(H2,20,26)(H2,21,22,23). The molecule has 0 radical (unpaired) electrons. The Kier molecular flexibility index (Phi) is 4.83. The van der Waals surface area contributed by atoms with Gasteiger partial charge in [-0.15, -0.1) is 11.3 Å². The predicted octanol–water partition coefficient (Wildman–Crippen LogP) is 2.73. The highest BCUT2D eigenvalue weighted by molar-refractivity contribution is 7.17. The molecule has 0 spiro atoms. The molecule has 4 rings (SSSR count).